The van der Waals surface area contributed by atoms with Crippen molar-refractivity contribution >= 4 is 10.0 Å². The molecule has 0 spiro atoms. The van der Waals surface area contributed by atoms with Crippen molar-refractivity contribution in [3.63, 3.8) is 0 Å². The number of hydrogen-bond acceptors (Lipinski definition) is 5. The first kappa shape index (κ1) is 15.5. The lowest BCUT2D eigenvalue weighted by Crippen LogP contribution is -2.41. The quantitative estimate of drug-likeness (QED) is 0.781. The minimum absolute atomic E-state index is 0.0715. The molecule has 1 aromatic heterocycles. The van der Waals surface area contributed by atoms with Crippen LogP contribution in [0.2, 0.25) is 0 Å². The third-order valence-corrected chi connectivity index (χ3v) is 5.49. The van der Waals surface area contributed by atoms with Crippen LogP contribution in [0.4, 0.5) is 0 Å². The second-order valence-corrected chi connectivity index (χ2v) is 6.89. The van der Waals surface area contributed by atoms with Crippen LogP contribution in [0.5, 0.6) is 0 Å². The Morgan fingerprint density at radius 3 is 2.70 bits per heavy atom. The predicted octanol–water partition coefficient (Wildman–Crippen LogP) is 1.21. The molecule has 0 aromatic carbocycles. The number of aliphatic hydroxyl groups excluding tert-OH is 1. The van der Waals surface area contributed by atoms with Crippen LogP contribution < -0.4 is 0 Å². The summed E-state index contributed by atoms with van der Waals surface area (Å²) < 4.78 is 36.9. The Bertz CT molecular complexity index is 535. The topological polar surface area (TPSA) is 80.0 Å². The van der Waals surface area contributed by atoms with E-state index in [1.807, 2.05) is 6.92 Å². The van der Waals surface area contributed by atoms with Gasteiger partial charge in [0, 0.05) is 19.7 Å². The summed E-state index contributed by atoms with van der Waals surface area (Å²) in [5, 5.41) is 8.86. The second-order valence-electron chi connectivity index (χ2n) is 5.07. The summed E-state index contributed by atoms with van der Waals surface area (Å²) >= 11 is 0. The normalized spacial score (nSPS) is 17.6. The van der Waals surface area contributed by atoms with E-state index in [2.05, 4.69) is 0 Å². The van der Waals surface area contributed by atoms with Gasteiger partial charge in [-0.15, -0.1) is 0 Å². The third kappa shape index (κ3) is 3.22. The molecule has 1 aromatic rings. The summed E-state index contributed by atoms with van der Waals surface area (Å²) in [7, 11) is -2.15. The summed E-state index contributed by atoms with van der Waals surface area (Å²) in [5.74, 6) is 0.656. The highest BCUT2D eigenvalue weighted by molar-refractivity contribution is 7.89. The zero-order valence-corrected chi connectivity index (χ0v) is 12.6. The molecule has 7 heteroatoms. The van der Waals surface area contributed by atoms with Gasteiger partial charge in [0.05, 0.1) is 6.61 Å². The van der Waals surface area contributed by atoms with Crippen molar-refractivity contribution in [3.8, 4) is 0 Å². The fourth-order valence-corrected chi connectivity index (χ4v) is 3.84. The van der Waals surface area contributed by atoms with Gasteiger partial charge in [-0.25, -0.2) is 8.42 Å². The van der Waals surface area contributed by atoms with Gasteiger partial charge in [0.2, 0.25) is 5.09 Å². The van der Waals surface area contributed by atoms with Gasteiger partial charge in [0.15, 0.2) is 0 Å². The number of furan rings is 1. The van der Waals surface area contributed by atoms with Gasteiger partial charge in [-0.3, -0.25) is 0 Å². The summed E-state index contributed by atoms with van der Waals surface area (Å²) in [4.78, 5) is 0. The molecule has 0 aliphatic heterocycles. The molecule has 20 heavy (non-hydrogen) atoms. The van der Waals surface area contributed by atoms with E-state index in [9.17, 15) is 8.42 Å². The monoisotopic (exact) mass is 303 g/mol. The Labute approximate surface area is 119 Å². The number of ether oxygens (including phenoxy) is 1. The largest absolute Gasteiger partial charge is 0.446 e. The number of nitrogens with zero attached hydrogens (tertiary/aromatic N) is 1. The van der Waals surface area contributed by atoms with Crippen LogP contribution in [0.1, 0.15) is 25.5 Å². The lowest BCUT2D eigenvalue weighted by molar-refractivity contribution is 0.162. The van der Waals surface area contributed by atoms with Crippen molar-refractivity contribution in [1.29, 1.82) is 0 Å². The first-order valence-electron chi connectivity index (χ1n) is 6.71. The van der Waals surface area contributed by atoms with E-state index >= 15 is 0 Å². The smallest absolute Gasteiger partial charge is 0.276 e. The first-order valence-corrected chi connectivity index (χ1v) is 8.15. The van der Waals surface area contributed by atoms with E-state index in [-0.39, 0.29) is 23.5 Å². The molecule has 1 unspecified atom stereocenters. The third-order valence-electron chi connectivity index (χ3n) is 3.63. The zero-order chi connectivity index (χ0) is 14.8. The fourth-order valence-electron chi connectivity index (χ4n) is 2.24. The highest BCUT2D eigenvalue weighted by Gasteiger charge is 2.39. The average Bonchev–Trinajstić information content (AvgIpc) is 3.15. The standard InChI is InChI=1S/C13H21NO5S/c1-10(11-3-4-11)14(7-8-18-2)20(16,17)13-6-5-12(9-15)19-13/h5-6,10-11,15H,3-4,7-9H2,1-2H3. The van der Waals surface area contributed by atoms with Gasteiger partial charge in [0.1, 0.15) is 12.4 Å². The molecule has 1 N–H and O–H groups in total. The lowest BCUT2D eigenvalue weighted by atomic mass is 10.2. The highest BCUT2D eigenvalue weighted by Crippen LogP contribution is 2.37. The molecule has 6 nitrogen and oxygen atoms in total. The van der Waals surface area contributed by atoms with Crippen LogP contribution in [0.15, 0.2) is 21.6 Å². The summed E-state index contributed by atoms with van der Waals surface area (Å²) in [6.45, 7) is 2.24. The van der Waals surface area contributed by atoms with Crippen LogP contribution >= 0.6 is 0 Å². The average molecular weight is 303 g/mol. The maximum atomic E-state index is 12.6. The van der Waals surface area contributed by atoms with Crippen molar-refractivity contribution in [3.05, 3.63) is 17.9 Å². The Hall–Kier alpha value is -0.890. The van der Waals surface area contributed by atoms with Gasteiger partial charge in [-0.1, -0.05) is 0 Å². The molecule has 114 valence electrons. The lowest BCUT2D eigenvalue weighted by Gasteiger charge is -2.27. The Balaban J connectivity index is 2.24. The van der Waals surface area contributed by atoms with Crippen LogP contribution in [-0.4, -0.2) is 44.1 Å². The van der Waals surface area contributed by atoms with Crippen molar-refractivity contribution in [2.24, 2.45) is 5.92 Å². The van der Waals surface area contributed by atoms with E-state index in [4.69, 9.17) is 14.3 Å². The van der Waals surface area contributed by atoms with Crippen molar-refractivity contribution < 1.29 is 22.7 Å². The minimum Gasteiger partial charge on any atom is -0.446 e. The second kappa shape index (κ2) is 6.26. The van der Waals surface area contributed by atoms with Crippen molar-refractivity contribution in [2.75, 3.05) is 20.3 Å². The van der Waals surface area contributed by atoms with Crippen LogP contribution in [0.3, 0.4) is 0 Å². The van der Waals surface area contributed by atoms with Gasteiger partial charge >= 0.3 is 0 Å². The van der Waals surface area contributed by atoms with Crippen LogP contribution in [0.25, 0.3) is 0 Å². The minimum atomic E-state index is -3.69. The molecular formula is C13H21NO5S. The van der Waals surface area contributed by atoms with E-state index < -0.39 is 10.0 Å². The van der Waals surface area contributed by atoms with Gasteiger partial charge in [-0.05, 0) is 37.8 Å². The SMILES string of the molecule is COCCN(C(C)C1CC1)S(=O)(=O)c1ccc(CO)o1. The summed E-state index contributed by atoms with van der Waals surface area (Å²) in [6.07, 6.45) is 2.11. The molecule has 0 bridgehead atoms. The molecular weight excluding hydrogens is 282 g/mol. The molecule has 2 rings (SSSR count). The molecule has 1 fully saturated rings. The maximum Gasteiger partial charge on any atom is 0.276 e. The van der Waals surface area contributed by atoms with Crippen LogP contribution in [-0.2, 0) is 21.4 Å². The molecule has 1 aliphatic carbocycles. The number of aliphatic hydroxyl groups is 1. The highest BCUT2D eigenvalue weighted by atomic mass is 32.2. The number of sulfonamides is 1. The Morgan fingerprint density at radius 1 is 1.50 bits per heavy atom. The molecule has 1 atom stereocenters. The van der Waals surface area contributed by atoms with Crippen LogP contribution in [0, 0.1) is 5.92 Å². The van der Waals surface area contributed by atoms with Gasteiger partial charge in [0.25, 0.3) is 10.0 Å². The first-order chi connectivity index (χ1) is 9.50. The van der Waals surface area contributed by atoms with Gasteiger partial charge in [-0.2, -0.15) is 4.31 Å². The molecule has 0 saturated heterocycles. The van der Waals surface area contributed by atoms with Gasteiger partial charge < -0.3 is 14.3 Å². The zero-order valence-electron chi connectivity index (χ0n) is 11.8. The van der Waals surface area contributed by atoms with E-state index in [0.29, 0.717) is 19.1 Å². The molecule has 1 saturated carbocycles. The molecule has 0 radical (unpaired) electrons. The number of hydrogen-bond donors (Lipinski definition) is 1. The molecule has 1 aliphatic rings. The number of rotatable bonds is 8. The fraction of sp³-hybridized carbons (Fsp3) is 0.692. The van der Waals surface area contributed by atoms with E-state index in [1.165, 1.54) is 16.4 Å². The number of methoxy groups -OCH3 is 1. The Kier molecular flexibility index (Phi) is 4.85. The van der Waals surface area contributed by atoms with E-state index in [1.54, 1.807) is 7.11 Å². The predicted molar refractivity (Wildman–Crippen MR) is 72.6 cm³/mol. The molecule has 0 amide bonds. The summed E-state index contributed by atoms with van der Waals surface area (Å²) in [5.41, 5.74) is 0. The van der Waals surface area contributed by atoms with Crippen molar-refractivity contribution in [1.82, 2.24) is 4.31 Å². The maximum absolute atomic E-state index is 12.6. The Morgan fingerprint density at radius 2 is 2.20 bits per heavy atom. The van der Waals surface area contributed by atoms with Crippen molar-refractivity contribution in [2.45, 2.75) is 37.5 Å². The molecule has 1 heterocycles. The van der Waals surface area contributed by atoms with E-state index in [0.717, 1.165) is 12.8 Å². The summed E-state index contributed by atoms with van der Waals surface area (Å²) in [6, 6.07) is 2.79.